The molecule has 1 aliphatic rings. The highest BCUT2D eigenvalue weighted by Gasteiger charge is 2.19. The van der Waals surface area contributed by atoms with E-state index in [1.807, 2.05) is 55.6 Å². The summed E-state index contributed by atoms with van der Waals surface area (Å²) in [4.78, 5) is 8.97. The molecule has 1 aliphatic heterocycles. The number of nitrogens with one attached hydrogen (secondary N) is 1. The van der Waals surface area contributed by atoms with Gasteiger partial charge in [0, 0.05) is 30.1 Å². The van der Waals surface area contributed by atoms with Gasteiger partial charge in [-0.1, -0.05) is 23.6 Å². The van der Waals surface area contributed by atoms with Crippen molar-refractivity contribution in [1.29, 1.82) is 0 Å². The third-order valence-electron chi connectivity index (χ3n) is 4.89. The quantitative estimate of drug-likeness (QED) is 0.491. The Morgan fingerprint density at radius 3 is 2.83 bits per heavy atom. The summed E-state index contributed by atoms with van der Waals surface area (Å²) in [6.45, 7) is 0.615. The molecule has 2 aromatic heterocycles. The van der Waals surface area contributed by atoms with Crippen LogP contribution >= 0.6 is 11.6 Å². The van der Waals surface area contributed by atoms with Crippen molar-refractivity contribution in [3.8, 4) is 24.0 Å². The van der Waals surface area contributed by atoms with Gasteiger partial charge in [0.2, 0.25) is 5.88 Å². The molecule has 5 rings (SSSR count). The number of aliphatic imine (C=N–C) groups is 1. The molecular formula is C23H16ClN5O. The van der Waals surface area contributed by atoms with Gasteiger partial charge in [0.15, 0.2) is 5.84 Å². The van der Waals surface area contributed by atoms with E-state index in [1.165, 1.54) is 0 Å². The molecule has 3 heterocycles. The Labute approximate surface area is 178 Å². The average Bonchev–Trinajstić information content (AvgIpc) is 3.30. The number of rotatable bonds is 3. The lowest BCUT2D eigenvalue weighted by Gasteiger charge is -2.09. The minimum atomic E-state index is 0.433. The highest BCUT2D eigenvalue weighted by molar-refractivity contribution is 6.36. The maximum Gasteiger partial charge on any atom is 0.247 e. The molecule has 6 nitrogen and oxygen atoms in total. The largest absolute Gasteiger partial charge is 0.437 e. The van der Waals surface area contributed by atoms with Crippen LogP contribution in [0.5, 0.6) is 11.6 Å². The van der Waals surface area contributed by atoms with E-state index in [0.717, 1.165) is 39.2 Å². The van der Waals surface area contributed by atoms with E-state index < -0.39 is 0 Å². The number of aromatic nitrogens is 3. The molecule has 0 spiro atoms. The Morgan fingerprint density at radius 1 is 1.20 bits per heavy atom. The molecule has 0 atom stereocenters. The second-order valence-corrected chi connectivity index (χ2v) is 7.26. The van der Waals surface area contributed by atoms with Gasteiger partial charge in [0.05, 0.1) is 22.5 Å². The summed E-state index contributed by atoms with van der Waals surface area (Å²) in [7, 11) is 1.85. The Balaban J connectivity index is 1.48. The number of fused-ring (bicyclic) bond motifs is 2. The third-order valence-corrected chi connectivity index (χ3v) is 5.19. The maximum absolute atomic E-state index is 6.62. The number of hydrogen-bond donors (Lipinski definition) is 1. The maximum atomic E-state index is 6.62. The van der Waals surface area contributed by atoms with Crippen LogP contribution in [0.15, 0.2) is 59.7 Å². The van der Waals surface area contributed by atoms with Crippen LogP contribution in [0.1, 0.15) is 16.8 Å². The van der Waals surface area contributed by atoms with Crippen LogP contribution in [0.2, 0.25) is 5.02 Å². The molecule has 146 valence electrons. The van der Waals surface area contributed by atoms with Gasteiger partial charge in [-0.05, 0) is 42.5 Å². The van der Waals surface area contributed by atoms with Crippen LogP contribution in [0.3, 0.4) is 0 Å². The highest BCUT2D eigenvalue weighted by Crippen LogP contribution is 2.36. The molecule has 0 bridgehead atoms. The molecule has 0 fully saturated rings. The first-order chi connectivity index (χ1) is 14.6. The number of terminal acetylenes is 1. The van der Waals surface area contributed by atoms with Crippen molar-refractivity contribution < 1.29 is 4.74 Å². The average molecular weight is 414 g/mol. The fourth-order valence-electron chi connectivity index (χ4n) is 3.43. The molecule has 30 heavy (non-hydrogen) atoms. The van der Waals surface area contributed by atoms with E-state index >= 15 is 0 Å². The predicted octanol–water partition coefficient (Wildman–Crippen LogP) is 4.77. The highest BCUT2D eigenvalue weighted by atomic mass is 35.5. The lowest BCUT2D eigenvalue weighted by atomic mass is 10.2. The van der Waals surface area contributed by atoms with E-state index in [9.17, 15) is 0 Å². The molecule has 1 N–H and O–H groups in total. The van der Waals surface area contributed by atoms with E-state index in [4.69, 9.17) is 22.8 Å². The Morgan fingerprint density at radius 2 is 2.03 bits per heavy atom. The van der Waals surface area contributed by atoms with E-state index in [1.54, 1.807) is 10.9 Å². The molecule has 0 aliphatic carbocycles. The molecule has 7 heteroatoms. The summed E-state index contributed by atoms with van der Waals surface area (Å²) in [5.74, 6) is 4.38. The summed E-state index contributed by atoms with van der Waals surface area (Å²) in [5.41, 5.74) is 4.38. The van der Waals surface area contributed by atoms with Gasteiger partial charge in [0.25, 0.3) is 0 Å². The van der Waals surface area contributed by atoms with Crippen molar-refractivity contribution in [3.63, 3.8) is 0 Å². The first-order valence-corrected chi connectivity index (χ1v) is 9.66. The Hall–Kier alpha value is -3.82. The van der Waals surface area contributed by atoms with Crippen LogP contribution in [0, 0.1) is 12.3 Å². The number of nitrogens with zero attached hydrogens (tertiary/aromatic N) is 4. The summed E-state index contributed by atoms with van der Waals surface area (Å²) >= 11 is 6.62. The van der Waals surface area contributed by atoms with Crippen LogP contribution in [-0.4, -0.2) is 20.6 Å². The molecule has 0 saturated carbocycles. The van der Waals surface area contributed by atoms with Gasteiger partial charge in [-0.3, -0.25) is 14.7 Å². The van der Waals surface area contributed by atoms with Crippen LogP contribution < -0.4 is 10.1 Å². The molecule has 4 aromatic rings. The lowest BCUT2D eigenvalue weighted by Crippen LogP contribution is -2.13. The number of ether oxygens (including phenoxy) is 1. The van der Waals surface area contributed by atoms with Gasteiger partial charge in [0.1, 0.15) is 11.4 Å². The van der Waals surface area contributed by atoms with Gasteiger partial charge < -0.3 is 10.1 Å². The van der Waals surface area contributed by atoms with Crippen LogP contribution in [0.4, 0.5) is 5.69 Å². The van der Waals surface area contributed by atoms with Crippen molar-refractivity contribution >= 4 is 34.0 Å². The van der Waals surface area contributed by atoms with Gasteiger partial charge in [-0.2, -0.15) is 0 Å². The standard InChI is InChI=1S/C23H16ClN5O/c1-3-14-6-8-17(9-7-14)30-23-20-18(24)11-16(12-19(20)29(2)28-23)27-22-21-15(13-26-22)5-4-10-25-21/h1,4-12H,13H2,2H3,(H,26,27). The minimum Gasteiger partial charge on any atom is -0.437 e. The Kier molecular flexibility index (Phi) is 4.38. The molecule has 0 saturated heterocycles. The number of benzene rings is 2. The zero-order chi connectivity index (χ0) is 20.7. The van der Waals surface area contributed by atoms with Crippen molar-refractivity contribution in [1.82, 2.24) is 14.8 Å². The van der Waals surface area contributed by atoms with Crippen molar-refractivity contribution in [2.75, 3.05) is 5.32 Å². The summed E-state index contributed by atoms with van der Waals surface area (Å²) < 4.78 is 7.71. The van der Waals surface area contributed by atoms with Crippen LogP contribution in [0.25, 0.3) is 10.9 Å². The number of hydrogen-bond acceptors (Lipinski definition) is 5. The molecule has 0 unspecified atom stereocenters. The van der Waals surface area contributed by atoms with Crippen molar-refractivity contribution in [2.24, 2.45) is 12.0 Å². The van der Waals surface area contributed by atoms with Crippen LogP contribution in [-0.2, 0) is 13.6 Å². The third kappa shape index (κ3) is 3.15. The van der Waals surface area contributed by atoms with E-state index in [0.29, 0.717) is 23.2 Å². The number of anilines is 1. The topological polar surface area (TPSA) is 64.3 Å². The number of amidine groups is 1. The van der Waals surface area contributed by atoms with Gasteiger partial charge in [-0.15, -0.1) is 11.5 Å². The van der Waals surface area contributed by atoms with Gasteiger partial charge in [-0.25, -0.2) is 0 Å². The van der Waals surface area contributed by atoms with E-state index in [2.05, 4.69) is 26.3 Å². The van der Waals surface area contributed by atoms with Gasteiger partial charge >= 0.3 is 0 Å². The second kappa shape index (κ2) is 7.21. The SMILES string of the molecule is C#Cc1ccc(Oc2nn(C)c3cc(NC4=NCc5cccnc54)cc(Cl)c23)cc1. The molecular weight excluding hydrogens is 398 g/mol. The number of pyridine rings is 1. The molecule has 0 radical (unpaired) electrons. The minimum absolute atomic E-state index is 0.433. The summed E-state index contributed by atoms with van der Waals surface area (Å²) in [5, 5.41) is 9.09. The lowest BCUT2D eigenvalue weighted by molar-refractivity contribution is 0.458. The number of halogens is 1. The zero-order valence-electron chi connectivity index (χ0n) is 16.1. The molecule has 0 amide bonds. The first kappa shape index (κ1) is 18.2. The zero-order valence-corrected chi connectivity index (χ0v) is 16.8. The smallest absolute Gasteiger partial charge is 0.247 e. The molecule has 2 aromatic carbocycles. The second-order valence-electron chi connectivity index (χ2n) is 6.85. The van der Waals surface area contributed by atoms with Crippen molar-refractivity contribution in [3.05, 3.63) is 76.6 Å². The predicted molar refractivity (Wildman–Crippen MR) is 118 cm³/mol. The fraction of sp³-hybridized carbons (Fsp3) is 0.0870. The van der Waals surface area contributed by atoms with Crippen molar-refractivity contribution in [2.45, 2.75) is 6.54 Å². The monoisotopic (exact) mass is 413 g/mol. The fourth-order valence-corrected chi connectivity index (χ4v) is 3.72. The first-order valence-electron chi connectivity index (χ1n) is 9.29. The summed E-state index contributed by atoms with van der Waals surface area (Å²) in [6.07, 6.45) is 7.17. The van der Waals surface area contributed by atoms with E-state index in [-0.39, 0.29) is 0 Å². The Bertz CT molecular complexity index is 1350. The summed E-state index contributed by atoms with van der Waals surface area (Å²) in [6, 6.07) is 15.0. The normalized spacial score (nSPS) is 12.4. The number of aryl methyl sites for hydroxylation is 1.